The molecule has 0 fully saturated rings. The number of hydrogen-bond acceptors (Lipinski definition) is 2. The smallest absolute Gasteiger partial charge is 0.358 e. The molecule has 2 N–H and O–H groups in total. The first-order chi connectivity index (χ1) is 10.7. The standard InChI is InChI=1S/C18H19N3O/c1-13-6-8-14(9-7-13)17(22)12-21-16-5-3-2-4-15(16)20-11-10-19-18(20)21/h2-9,17,22H,10-12H2,1H3/p+1/t17-/m1/s1. The van der Waals surface area contributed by atoms with Crippen molar-refractivity contribution in [2.45, 2.75) is 26.1 Å². The highest BCUT2D eigenvalue weighted by Crippen LogP contribution is 2.24. The maximum Gasteiger partial charge on any atom is 0.358 e. The lowest BCUT2D eigenvalue weighted by molar-refractivity contribution is -0.644. The summed E-state index contributed by atoms with van der Waals surface area (Å²) in [7, 11) is 0. The first-order valence-corrected chi connectivity index (χ1v) is 7.73. The van der Waals surface area contributed by atoms with Crippen LogP contribution < -0.4 is 9.88 Å². The van der Waals surface area contributed by atoms with Gasteiger partial charge in [0.1, 0.15) is 30.2 Å². The van der Waals surface area contributed by atoms with Crippen molar-refractivity contribution in [1.82, 2.24) is 4.57 Å². The zero-order valence-corrected chi connectivity index (χ0v) is 12.7. The van der Waals surface area contributed by atoms with E-state index >= 15 is 0 Å². The van der Waals surface area contributed by atoms with Gasteiger partial charge in [-0.05, 0) is 24.6 Å². The Morgan fingerprint density at radius 1 is 1.18 bits per heavy atom. The van der Waals surface area contributed by atoms with Crippen LogP contribution in [0.2, 0.25) is 0 Å². The largest absolute Gasteiger partial charge is 0.385 e. The van der Waals surface area contributed by atoms with Crippen molar-refractivity contribution >= 4 is 17.0 Å². The average Bonchev–Trinajstić information content (AvgIpc) is 3.11. The summed E-state index contributed by atoms with van der Waals surface area (Å²) >= 11 is 0. The molecule has 1 atom stereocenters. The third-order valence-electron chi connectivity index (χ3n) is 4.41. The molecule has 0 amide bonds. The van der Waals surface area contributed by atoms with Crippen molar-refractivity contribution in [2.24, 2.45) is 0 Å². The predicted octanol–water partition coefficient (Wildman–Crippen LogP) is 2.40. The van der Waals surface area contributed by atoms with Crippen LogP contribution in [-0.4, -0.2) is 16.2 Å². The van der Waals surface area contributed by atoms with Crippen LogP contribution in [0.4, 0.5) is 5.95 Å². The Balaban J connectivity index is 1.74. The fourth-order valence-corrected chi connectivity index (χ4v) is 3.24. The number of hydrogen-bond donors (Lipinski definition) is 2. The molecule has 0 saturated carbocycles. The Hall–Kier alpha value is -2.33. The van der Waals surface area contributed by atoms with Gasteiger partial charge in [0.15, 0.2) is 0 Å². The van der Waals surface area contributed by atoms with Crippen LogP contribution in [0.15, 0.2) is 48.5 Å². The van der Waals surface area contributed by atoms with Crippen LogP contribution >= 0.6 is 0 Å². The van der Waals surface area contributed by atoms with E-state index in [2.05, 4.69) is 39.6 Å². The number of aryl methyl sites for hydroxylation is 1. The molecule has 22 heavy (non-hydrogen) atoms. The fourth-order valence-electron chi connectivity index (χ4n) is 3.24. The summed E-state index contributed by atoms with van der Waals surface area (Å²) in [6.45, 7) is 4.53. The fraction of sp³-hybridized carbons (Fsp3) is 0.278. The molecule has 0 radical (unpaired) electrons. The Morgan fingerprint density at radius 3 is 2.77 bits per heavy atom. The van der Waals surface area contributed by atoms with Crippen LogP contribution in [-0.2, 0) is 13.1 Å². The summed E-state index contributed by atoms with van der Waals surface area (Å²) < 4.78 is 4.48. The number of nitrogens with zero attached hydrogens (tertiary/aromatic N) is 2. The average molecular weight is 294 g/mol. The van der Waals surface area contributed by atoms with Gasteiger partial charge in [-0.2, -0.15) is 0 Å². The molecule has 0 spiro atoms. The van der Waals surface area contributed by atoms with E-state index in [1.54, 1.807) is 0 Å². The second kappa shape index (κ2) is 5.14. The molecule has 0 aliphatic carbocycles. The highest BCUT2D eigenvalue weighted by atomic mass is 16.3. The van der Waals surface area contributed by atoms with Crippen LogP contribution in [0, 0.1) is 6.92 Å². The number of benzene rings is 2. The maximum absolute atomic E-state index is 10.6. The van der Waals surface area contributed by atoms with Gasteiger partial charge in [-0.3, -0.25) is 5.32 Å². The SMILES string of the molecule is Cc1ccc([C@H](O)Cn2c3[n+](c4ccccc42)CCN3)cc1. The van der Waals surface area contributed by atoms with E-state index in [0.29, 0.717) is 6.54 Å². The van der Waals surface area contributed by atoms with E-state index in [1.807, 2.05) is 30.3 Å². The lowest BCUT2D eigenvalue weighted by atomic mass is 10.1. The predicted molar refractivity (Wildman–Crippen MR) is 86.8 cm³/mol. The normalized spacial score (nSPS) is 14.8. The molecule has 112 valence electrons. The van der Waals surface area contributed by atoms with Crippen molar-refractivity contribution in [2.75, 3.05) is 11.9 Å². The third kappa shape index (κ3) is 2.07. The molecule has 3 aromatic rings. The van der Waals surface area contributed by atoms with Gasteiger partial charge in [-0.15, -0.1) is 0 Å². The monoisotopic (exact) mass is 294 g/mol. The number of aliphatic hydroxyl groups excluding tert-OH is 1. The van der Waals surface area contributed by atoms with Crippen molar-refractivity contribution in [3.8, 4) is 0 Å². The number of aliphatic hydroxyl groups is 1. The van der Waals surface area contributed by atoms with E-state index in [1.165, 1.54) is 11.1 Å². The lowest BCUT2D eigenvalue weighted by Gasteiger charge is -2.11. The summed E-state index contributed by atoms with van der Waals surface area (Å²) in [5.41, 5.74) is 4.55. The van der Waals surface area contributed by atoms with Crippen LogP contribution in [0.25, 0.3) is 11.0 Å². The minimum atomic E-state index is -0.511. The number of nitrogens with one attached hydrogen (secondary N) is 1. The van der Waals surface area contributed by atoms with Crippen molar-refractivity contribution in [3.05, 3.63) is 59.7 Å². The first kappa shape index (κ1) is 13.3. The number of aromatic nitrogens is 2. The Bertz CT molecular complexity index is 820. The zero-order chi connectivity index (χ0) is 15.1. The van der Waals surface area contributed by atoms with Gasteiger partial charge in [0, 0.05) is 0 Å². The van der Waals surface area contributed by atoms with Crippen molar-refractivity contribution in [3.63, 3.8) is 0 Å². The van der Waals surface area contributed by atoms with E-state index in [0.717, 1.165) is 30.1 Å². The Morgan fingerprint density at radius 2 is 1.95 bits per heavy atom. The quantitative estimate of drug-likeness (QED) is 0.728. The van der Waals surface area contributed by atoms with Gasteiger partial charge < -0.3 is 5.11 Å². The molecular formula is C18H20N3O+. The van der Waals surface area contributed by atoms with Gasteiger partial charge in [0.2, 0.25) is 0 Å². The van der Waals surface area contributed by atoms with Gasteiger partial charge in [-0.25, -0.2) is 9.13 Å². The number of anilines is 1. The van der Waals surface area contributed by atoms with Crippen LogP contribution in [0.5, 0.6) is 0 Å². The minimum Gasteiger partial charge on any atom is -0.385 e. The second-order valence-electron chi connectivity index (χ2n) is 5.93. The van der Waals surface area contributed by atoms with Crippen LogP contribution in [0.3, 0.4) is 0 Å². The summed E-state index contributed by atoms with van der Waals surface area (Å²) in [4.78, 5) is 0. The summed E-state index contributed by atoms with van der Waals surface area (Å²) in [5.74, 6) is 1.09. The third-order valence-corrected chi connectivity index (χ3v) is 4.41. The maximum atomic E-state index is 10.6. The topological polar surface area (TPSA) is 41.1 Å². The van der Waals surface area contributed by atoms with E-state index < -0.39 is 6.10 Å². The van der Waals surface area contributed by atoms with Gasteiger partial charge in [-0.1, -0.05) is 42.0 Å². The minimum absolute atomic E-state index is 0.511. The number of rotatable bonds is 3. The molecule has 4 nitrogen and oxygen atoms in total. The lowest BCUT2D eigenvalue weighted by Crippen LogP contribution is -2.29. The molecular weight excluding hydrogens is 274 g/mol. The summed E-state index contributed by atoms with van der Waals surface area (Å²) in [5, 5.41) is 14.1. The molecule has 1 aromatic heterocycles. The van der Waals surface area contributed by atoms with E-state index in [-0.39, 0.29) is 0 Å². The van der Waals surface area contributed by atoms with Gasteiger partial charge in [0.05, 0.1) is 6.54 Å². The van der Waals surface area contributed by atoms with E-state index in [4.69, 9.17) is 0 Å². The van der Waals surface area contributed by atoms with Crippen molar-refractivity contribution < 1.29 is 9.67 Å². The molecule has 1 aliphatic rings. The summed E-state index contributed by atoms with van der Waals surface area (Å²) in [6, 6.07) is 16.5. The van der Waals surface area contributed by atoms with Crippen molar-refractivity contribution in [1.29, 1.82) is 0 Å². The zero-order valence-electron chi connectivity index (χ0n) is 12.7. The molecule has 0 bridgehead atoms. The molecule has 0 unspecified atom stereocenters. The van der Waals surface area contributed by atoms with E-state index in [9.17, 15) is 5.11 Å². The molecule has 4 rings (SSSR count). The Labute approximate surface area is 129 Å². The first-order valence-electron chi connectivity index (χ1n) is 7.73. The molecule has 4 heteroatoms. The highest BCUT2D eigenvalue weighted by Gasteiger charge is 2.29. The molecule has 2 heterocycles. The highest BCUT2D eigenvalue weighted by molar-refractivity contribution is 5.74. The number of imidazole rings is 1. The second-order valence-corrected chi connectivity index (χ2v) is 5.93. The van der Waals surface area contributed by atoms with Gasteiger partial charge >= 0.3 is 5.95 Å². The molecule has 0 saturated heterocycles. The summed E-state index contributed by atoms with van der Waals surface area (Å²) in [6.07, 6.45) is -0.511. The van der Waals surface area contributed by atoms with Crippen LogP contribution in [0.1, 0.15) is 17.2 Å². The molecule has 1 aliphatic heterocycles. The number of para-hydroxylation sites is 2. The number of fused-ring (bicyclic) bond motifs is 3. The Kier molecular flexibility index (Phi) is 3.12. The molecule has 2 aromatic carbocycles. The van der Waals surface area contributed by atoms with Gasteiger partial charge in [0.25, 0.3) is 0 Å².